The van der Waals surface area contributed by atoms with Gasteiger partial charge in [-0.1, -0.05) is 43.7 Å². The van der Waals surface area contributed by atoms with Gasteiger partial charge in [0, 0.05) is 38.2 Å². The highest BCUT2D eigenvalue weighted by atomic mass is 127. The van der Waals surface area contributed by atoms with Gasteiger partial charge >= 0.3 is 0 Å². The molecule has 0 saturated heterocycles. The first-order valence-electron chi connectivity index (χ1n) is 10.2. The second kappa shape index (κ2) is 12.4. The van der Waals surface area contributed by atoms with E-state index < -0.39 is 0 Å². The first kappa shape index (κ1) is 24.0. The number of unbranched alkanes of at least 4 members (excludes halogenated alkanes) is 1. The number of rotatable bonds is 8. The number of amides is 1. The number of anilines is 1. The summed E-state index contributed by atoms with van der Waals surface area (Å²) in [6.45, 7) is 4.18. The molecule has 0 saturated carbocycles. The molecule has 6 nitrogen and oxygen atoms in total. The van der Waals surface area contributed by atoms with E-state index in [9.17, 15) is 4.79 Å². The van der Waals surface area contributed by atoms with Gasteiger partial charge in [0.25, 0.3) is 0 Å². The molecule has 2 aromatic carbocycles. The van der Waals surface area contributed by atoms with Gasteiger partial charge in [0.15, 0.2) is 5.96 Å². The van der Waals surface area contributed by atoms with Crippen LogP contribution in [0.5, 0.6) is 5.75 Å². The van der Waals surface area contributed by atoms with E-state index >= 15 is 0 Å². The van der Waals surface area contributed by atoms with Gasteiger partial charge in [0.1, 0.15) is 5.75 Å². The van der Waals surface area contributed by atoms with E-state index in [0.717, 1.165) is 42.0 Å². The minimum atomic E-state index is 0. The molecule has 1 atom stereocenters. The molecular weight excluding hydrogens is 491 g/mol. The molecular formula is C23H31IN4O2. The summed E-state index contributed by atoms with van der Waals surface area (Å²) < 4.78 is 5.78. The molecule has 0 bridgehead atoms. The van der Waals surface area contributed by atoms with E-state index in [2.05, 4.69) is 46.1 Å². The van der Waals surface area contributed by atoms with Gasteiger partial charge < -0.3 is 20.7 Å². The predicted molar refractivity (Wildman–Crippen MR) is 133 cm³/mol. The van der Waals surface area contributed by atoms with Crippen molar-refractivity contribution in [3.63, 3.8) is 0 Å². The Morgan fingerprint density at radius 1 is 1.20 bits per heavy atom. The van der Waals surface area contributed by atoms with Crippen molar-refractivity contribution in [3.05, 3.63) is 59.7 Å². The van der Waals surface area contributed by atoms with Crippen LogP contribution in [0.25, 0.3) is 0 Å². The topological polar surface area (TPSA) is 74.8 Å². The lowest BCUT2D eigenvalue weighted by molar-refractivity contribution is -0.116. The van der Waals surface area contributed by atoms with Crippen molar-refractivity contribution in [3.8, 4) is 5.75 Å². The Morgan fingerprint density at radius 2 is 2.03 bits per heavy atom. The lowest BCUT2D eigenvalue weighted by atomic mass is 9.90. The van der Waals surface area contributed by atoms with Crippen LogP contribution in [0.1, 0.15) is 43.2 Å². The zero-order chi connectivity index (χ0) is 20.5. The first-order valence-corrected chi connectivity index (χ1v) is 10.2. The monoisotopic (exact) mass is 522 g/mol. The Balaban J connectivity index is 0.00000320. The minimum Gasteiger partial charge on any atom is -0.494 e. The largest absolute Gasteiger partial charge is 0.494 e. The van der Waals surface area contributed by atoms with E-state index in [4.69, 9.17) is 4.74 Å². The van der Waals surface area contributed by atoms with Gasteiger partial charge in [-0.2, -0.15) is 0 Å². The average Bonchev–Trinajstić information content (AvgIpc) is 2.74. The van der Waals surface area contributed by atoms with Gasteiger partial charge in [0.05, 0.1) is 6.61 Å². The number of aliphatic imine (C=N–C) groups is 1. The zero-order valence-electron chi connectivity index (χ0n) is 17.6. The molecule has 0 radical (unpaired) electrons. The number of benzene rings is 2. The smallest absolute Gasteiger partial charge is 0.225 e. The summed E-state index contributed by atoms with van der Waals surface area (Å²) in [7, 11) is 1.75. The van der Waals surface area contributed by atoms with Crippen molar-refractivity contribution < 1.29 is 9.53 Å². The van der Waals surface area contributed by atoms with Gasteiger partial charge in [-0.25, -0.2) is 0 Å². The van der Waals surface area contributed by atoms with Gasteiger partial charge in [-0.3, -0.25) is 9.79 Å². The standard InChI is InChI=1S/C23H30N4O2.HI/c1-3-4-12-29-19-9-7-8-17(13-19)15-25-23(24-2)26-16-18-14-22(28)27-21-11-6-5-10-20(18)21;/h5-11,13,18H,3-4,12,14-16H2,1-2H3,(H,27,28)(H2,24,25,26);1H. The molecule has 1 unspecified atom stereocenters. The molecule has 1 aliphatic heterocycles. The Hall–Kier alpha value is -2.29. The maximum Gasteiger partial charge on any atom is 0.225 e. The number of halogens is 1. The molecule has 3 rings (SSSR count). The summed E-state index contributed by atoms with van der Waals surface area (Å²) >= 11 is 0. The molecule has 1 aliphatic rings. The van der Waals surface area contributed by atoms with Gasteiger partial charge in [-0.15, -0.1) is 24.0 Å². The second-order valence-electron chi connectivity index (χ2n) is 7.19. The molecule has 3 N–H and O–H groups in total. The maximum absolute atomic E-state index is 12.0. The summed E-state index contributed by atoms with van der Waals surface area (Å²) in [5.74, 6) is 1.78. The van der Waals surface area contributed by atoms with E-state index in [1.165, 1.54) is 0 Å². The molecule has 2 aromatic rings. The van der Waals surface area contributed by atoms with Crippen molar-refractivity contribution >= 4 is 41.5 Å². The van der Waals surface area contributed by atoms with E-state index in [-0.39, 0.29) is 35.8 Å². The molecule has 1 heterocycles. The van der Waals surface area contributed by atoms with Crippen LogP contribution >= 0.6 is 24.0 Å². The lowest BCUT2D eigenvalue weighted by Gasteiger charge is -2.26. The van der Waals surface area contributed by atoms with Gasteiger partial charge in [-0.05, 0) is 35.7 Å². The number of ether oxygens (including phenoxy) is 1. The normalized spacial score (nSPS) is 15.5. The third-order valence-corrected chi connectivity index (χ3v) is 4.97. The average molecular weight is 522 g/mol. The zero-order valence-corrected chi connectivity index (χ0v) is 19.9. The maximum atomic E-state index is 12.0. The quantitative estimate of drug-likeness (QED) is 0.210. The van der Waals surface area contributed by atoms with E-state index in [1.54, 1.807) is 7.05 Å². The molecule has 0 fully saturated rings. The van der Waals surface area contributed by atoms with Crippen LogP contribution in [0.2, 0.25) is 0 Å². The minimum absolute atomic E-state index is 0. The molecule has 1 amide bonds. The number of guanidine groups is 1. The fraction of sp³-hybridized carbons (Fsp3) is 0.391. The Bertz CT molecular complexity index is 857. The Labute approximate surface area is 195 Å². The number of para-hydroxylation sites is 1. The van der Waals surface area contributed by atoms with E-state index in [1.807, 2.05) is 30.3 Å². The van der Waals surface area contributed by atoms with Crippen molar-refractivity contribution in [2.24, 2.45) is 4.99 Å². The number of nitrogens with zero attached hydrogens (tertiary/aromatic N) is 1. The summed E-state index contributed by atoms with van der Waals surface area (Å²) in [6.07, 6.45) is 2.65. The van der Waals surface area contributed by atoms with E-state index in [0.29, 0.717) is 25.5 Å². The third-order valence-electron chi connectivity index (χ3n) is 4.97. The summed E-state index contributed by atoms with van der Waals surface area (Å²) in [5.41, 5.74) is 3.19. The Kier molecular flexibility index (Phi) is 9.93. The summed E-state index contributed by atoms with van der Waals surface area (Å²) in [6, 6.07) is 16.1. The second-order valence-corrected chi connectivity index (χ2v) is 7.19. The molecule has 162 valence electrons. The van der Waals surface area contributed by atoms with Crippen LogP contribution in [0, 0.1) is 0 Å². The molecule has 0 aliphatic carbocycles. The van der Waals surface area contributed by atoms with Crippen molar-refractivity contribution in [1.82, 2.24) is 10.6 Å². The van der Waals surface area contributed by atoms with Crippen molar-refractivity contribution in [2.45, 2.75) is 38.6 Å². The third kappa shape index (κ3) is 6.90. The Morgan fingerprint density at radius 3 is 2.83 bits per heavy atom. The molecule has 30 heavy (non-hydrogen) atoms. The highest BCUT2D eigenvalue weighted by Crippen LogP contribution is 2.31. The van der Waals surface area contributed by atoms with Crippen LogP contribution in [0.4, 0.5) is 5.69 Å². The summed E-state index contributed by atoms with van der Waals surface area (Å²) in [4.78, 5) is 16.3. The number of carbonyl (C=O) groups excluding carboxylic acids is 1. The van der Waals surface area contributed by atoms with Crippen molar-refractivity contribution in [2.75, 3.05) is 25.5 Å². The summed E-state index contributed by atoms with van der Waals surface area (Å²) in [5, 5.41) is 9.63. The van der Waals surface area contributed by atoms with Gasteiger partial charge in [0.2, 0.25) is 5.91 Å². The SMILES string of the molecule is CCCCOc1cccc(CNC(=NC)NCC2CC(=O)Nc3ccccc32)c1.I. The molecule has 0 aromatic heterocycles. The fourth-order valence-corrected chi connectivity index (χ4v) is 3.39. The number of fused-ring (bicyclic) bond motifs is 1. The predicted octanol–water partition coefficient (Wildman–Crippen LogP) is 4.27. The fourth-order valence-electron chi connectivity index (χ4n) is 3.39. The van der Waals surface area contributed by atoms with Crippen LogP contribution in [-0.2, 0) is 11.3 Å². The van der Waals surface area contributed by atoms with Crippen LogP contribution < -0.4 is 20.7 Å². The molecule has 7 heteroatoms. The molecule has 0 spiro atoms. The highest BCUT2D eigenvalue weighted by molar-refractivity contribution is 14.0. The van der Waals surface area contributed by atoms with Crippen LogP contribution in [0.3, 0.4) is 0 Å². The van der Waals surface area contributed by atoms with Crippen LogP contribution in [-0.4, -0.2) is 32.1 Å². The number of hydrogen-bond donors (Lipinski definition) is 3. The number of nitrogens with one attached hydrogen (secondary N) is 3. The van der Waals surface area contributed by atoms with Crippen LogP contribution in [0.15, 0.2) is 53.5 Å². The first-order chi connectivity index (χ1) is 14.2. The number of hydrogen-bond acceptors (Lipinski definition) is 3. The number of carbonyl (C=O) groups is 1. The lowest BCUT2D eigenvalue weighted by Crippen LogP contribution is -2.40. The van der Waals surface area contributed by atoms with Crippen molar-refractivity contribution in [1.29, 1.82) is 0 Å². The highest BCUT2D eigenvalue weighted by Gasteiger charge is 2.24.